The van der Waals surface area contributed by atoms with Gasteiger partial charge in [-0.25, -0.2) is 8.78 Å². The molecule has 1 rings (SSSR count). The van der Waals surface area contributed by atoms with Gasteiger partial charge in [0.25, 0.3) is 11.8 Å². The van der Waals surface area contributed by atoms with Crippen molar-refractivity contribution >= 4 is 17.5 Å². The first-order valence-electron chi connectivity index (χ1n) is 4.21. The Morgan fingerprint density at radius 1 is 1.50 bits per heavy atom. The molecule has 0 aromatic carbocycles. The van der Waals surface area contributed by atoms with Crippen LogP contribution in [-0.2, 0) is 0 Å². The van der Waals surface area contributed by atoms with Gasteiger partial charge < -0.3 is 10.4 Å². The van der Waals surface area contributed by atoms with Gasteiger partial charge in [0.2, 0.25) is 0 Å². The van der Waals surface area contributed by atoms with E-state index in [1.807, 2.05) is 5.32 Å². The van der Waals surface area contributed by atoms with Crippen LogP contribution in [0.3, 0.4) is 0 Å². The van der Waals surface area contributed by atoms with Gasteiger partial charge in [-0.1, -0.05) is 11.6 Å². The number of hydrogen-bond donors (Lipinski definition) is 2. The quantitative estimate of drug-likeness (QED) is 0.817. The van der Waals surface area contributed by atoms with Gasteiger partial charge in [-0.2, -0.15) is 0 Å². The van der Waals surface area contributed by atoms with Crippen molar-refractivity contribution in [3.8, 4) is 0 Å². The first kappa shape index (κ1) is 12.7. The number of amides is 1. The fraction of sp³-hybridized carbons (Fsp3) is 0.375. The van der Waals surface area contributed by atoms with E-state index in [1.54, 1.807) is 0 Å². The molecule has 1 heterocycles. The Morgan fingerprint density at radius 3 is 2.69 bits per heavy atom. The summed E-state index contributed by atoms with van der Waals surface area (Å²) in [6.07, 6.45) is 0. The highest BCUT2D eigenvalue weighted by molar-refractivity contribution is 6.29. The maximum absolute atomic E-state index is 12.6. The van der Waals surface area contributed by atoms with E-state index < -0.39 is 25.0 Å². The molecular weight excluding hydrogens is 244 g/mol. The minimum absolute atomic E-state index is 0.0947. The summed E-state index contributed by atoms with van der Waals surface area (Å²) >= 11 is 5.43. The number of nitrogens with zero attached hydrogens (tertiary/aromatic N) is 2. The van der Waals surface area contributed by atoms with Crippen LogP contribution in [0.25, 0.3) is 0 Å². The van der Waals surface area contributed by atoms with Crippen molar-refractivity contribution < 1.29 is 18.7 Å². The summed E-state index contributed by atoms with van der Waals surface area (Å²) in [5.74, 6) is -4.16. The summed E-state index contributed by atoms with van der Waals surface area (Å²) in [5, 5.41) is 17.1. The second-order valence-corrected chi connectivity index (χ2v) is 3.33. The Bertz CT molecular complexity index is 372. The minimum atomic E-state index is -3.35. The van der Waals surface area contributed by atoms with E-state index in [4.69, 9.17) is 16.7 Å². The second-order valence-electron chi connectivity index (χ2n) is 2.94. The fourth-order valence-electron chi connectivity index (χ4n) is 0.793. The molecule has 0 aliphatic rings. The summed E-state index contributed by atoms with van der Waals surface area (Å²) in [6, 6.07) is 2.56. The van der Waals surface area contributed by atoms with E-state index >= 15 is 0 Å². The number of halogens is 3. The molecule has 0 spiro atoms. The molecule has 5 nitrogen and oxygen atoms in total. The molecule has 1 aromatic heterocycles. The lowest BCUT2D eigenvalue weighted by Crippen LogP contribution is -2.39. The van der Waals surface area contributed by atoms with E-state index in [9.17, 15) is 13.6 Å². The third kappa shape index (κ3) is 3.67. The fourth-order valence-corrected chi connectivity index (χ4v) is 0.894. The third-order valence-electron chi connectivity index (χ3n) is 1.60. The first-order chi connectivity index (χ1) is 7.44. The largest absolute Gasteiger partial charge is 0.390 e. The van der Waals surface area contributed by atoms with Gasteiger partial charge >= 0.3 is 0 Å². The molecule has 0 aliphatic carbocycles. The van der Waals surface area contributed by atoms with Crippen molar-refractivity contribution in [1.82, 2.24) is 15.5 Å². The summed E-state index contributed by atoms with van der Waals surface area (Å²) in [5.41, 5.74) is -0.127. The Hall–Kier alpha value is -1.34. The zero-order valence-electron chi connectivity index (χ0n) is 7.95. The van der Waals surface area contributed by atoms with Crippen molar-refractivity contribution in [2.24, 2.45) is 0 Å². The molecule has 8 heteroatoms. The number of carbonyl (C=O) groups excluding carboxylic acids is 1. The molecule has 88 valence electrons. The minimum Gasteiger partial charge on any atom is -0.390 e. The Balaban J connectivity index is 2.56. The number of carbonyl (C=O) groups is 1. The van der Waals surface area contributed by atoms with Crippen LogP contribution in [0, 0.1) is 0 Å². The number of rotatable bonds is 4. The van der Waals surface area contributed by atoms with Crippen LogP contribution in [-0.4, -0.2) is 40.3 Å². The molecule has 0 aliphatic heterocycles. The molecule has 0 saturated heterocycles. The second kappa shape index (κ2) is 5.13. The van der Waals surface area contributed by atoms with Crippen LogP contribution in [0.4, 0.5) is 8.78 Å². The smallest absolute Gasteiger partial charge is 0.287 e. The molecule has 1 amide bonds. The van der Waals surface area contributed by atoms with Crippen LogP contribution in [0.2, 0.25) is 5.15 Å². The predicted octanol–water partition coefficient (Wildman–Crippen LogP) is 0.487. The average molecular weight is 252 g/mol. The number of aliphatic hydroxyl groups excluding tert-OH is 1. The summed E-state index contributed by atoms with van der Waals surface area (Å²) < 4.78 is 25.1. The molecule has 2 N–H and O–H groups in total. The molecule has 1 aromatic rings. The van der Waals surface area contributed by atoms with Crippen LogP contribution < -0.4 is 5.32 Å². The normalized spacial score (nSPS) is 11.2. The average Bonchev–Trinajstić information content (AvgIpc) is 2.27. The number of aromatic nitrogens is 2. The van der Waals surface area contributed by atoms with Gasteiger partial charge in [0.15, 0.2) is 10.8 Å². The Kier molecular flexibility index (Phi) is 4.08. The number of alkyl halides is 2. The van der Waals surface area contributed by atoms with Crippen molar-refractivity contribution in [3.05, 3.63) is 23.0 Å². The van der Waals surface area contributed by atoms with Crippen LogP contribution >= 0.6 is 11.6 Å². The third-order valence-corrected chi connectivity index (χ3v) is 1.81. The highest BCUT2D eigenvalue weighted by Gasteiger charge is 2.28. The zero-order chi connectivity index (χ0) is 12.2. The molecule has 0 unspecified atom stereocenters. The van der Waals surface area contributed by atoms with Crippen molar-refractivity contribution in [2.45, 2.75) is 5.92 Å². The standard InChI is InChI=1S/C8H8ClF2N3O2/c9-6-2-1-5(13-14-6)7(16)12-3-8(10,11)4-15/h1-2,15H,3-4H2,(H,12,16). The molecule has 0 atom stereocenters. The lowest BCUT2D eigenvalue weighted by Gasteiger charge is -2.13. The topological polar surface area (TPSA) is 75.1 Å². The lowest BCUT2D eigenvalue weighted by atomic mass is 10.3. The highest BCUT2D eigenvalue weighted by atomic mass is 35.5. The lowest BCUT2D eigenvalue weighted by molar-refractivity contribution is -0.0462. The predicted molar refractivity (Wildman–Crippen MR) is 51.4 cm³/mol. The van der Waals surface area contributed by atoms with Crippen LogP contribution in [0.5, 0.6) is 0 Å². The molecule has 0 bridgehead atoms. The molecule has 0 saturated carbocycles. The summed E-state index contributed by atoms with van der Waals surface area (Å²) in [7, 11) is 0. The van der Waals surface area contributed by atoms with Crippen LogP contribution in [0.15, 0.2) is 12.1 Å². The molecule has 0 fully saturated rings. The van der Waals surface area contributed by atoms with Crippen molar-refractivity contribution in [1.29, 1.82) is 0 Å². The van der Waals surface area contributed by atoms with Gasteiger partial charge in [0.05, 0.1) is 6.54 Å². The van der Waals surface area contributed by atoms with Crippen molar-refractivity contribution in [3.63, 3.8) is 0 Å². The number of nitrogens with one attached hydrogen (secondary N) is 1. The van der Waals surface area contributed by atoms with Gasteiger partial charge in [-0.05, 0) is 12.1 Å². The van der Waals surface area contributed by atoms with Crippen molar-refractivity contribution in [2.75, 3.05) is 13.2 Å². The van der Waals surface area contributed by atoms with Crippen LogP contribution in [0.1, 0.15) is 10.5 Å². The Labute approximate surface area is 94.4 Å². The summed E-state index contributed by atoms with van der Waals surface area (Å²) in [6.45, 7) is -2.30. The Morgan fingerprint density at radius 2 is 2.19 bits per heavy atom. The molecular formula is C8H8ClF2N3O2. The highest BCUT2D eigenvalue weighted by Crippen LogP contribution is 2.10. The first-order valence-corrected chi connectivity index (χ1v) is 4.58. The molecule has 16 heavy (non-hydrogen) atoms. The van der Waals surface area contributed by atoms with Gasteiger partial charge in [0, 0.05) is 0 Å². The summed E-state index contributed by atoms with van der Waals surface area (Å²) in [4.78, 5) is 11.2. The van der Waals surface area contributed by atoms with E-state index in [0.717, 1.165) is 0 Å². The SMILES string of the molecule is O=C(NCC(F)(F)CO)c1ccc(Cl)nn1. The maximum atomic E-state index is 12.6. The van der Waals surface area contributed by atoms with E-state index in [-0.39, 0.29) is 10.8 Å². The molecule has 0 radical (unpaired) electrons. The van der Waals surface area contributed by atoms with Gasteiger partial charge in [0.1, 0.15) is 6.61 Å². The van der Waals surface area contributed by atoms with Gasteiger partial charge in [-0.15, -0.1) is 10.2 Å². The zero-order valence-corrected chi connectivity index (χ0v) is 8.71. The number of aliphatic hydroxyl groups is 1. The number of hydrogen-bond acceptors (Lipinski definition) is 4. The van der Waals surface area contributed by atoms with E-state index in [2.05, 4.69) is 10.2 Å². The maximum Gasteiger partial charge on any atom is 0.287 e. The van der Waals surface area contributed by atoms with E-state index in [1.165, 1.54) is 12.1 Å². The monoisotopic (exact) mass is 251 g/mol. The van der Waals surface area contributed by atoms with E-state index in [0.29, 0.717) is 0 Å². The van der Waals surface area contributed by atoms with Gasteiger partial charge in [-0.3, -0.25) is 4.79 Å².